The van der Waals surface area contributed by atoms with Gasteiger partial charge in [-0.25, -0.2) is 13.2 Å². The first kappa shape index (κ1) is 23.2. The van der Waals surface area contributed by atoms with Crippen molar-refractivity contribution in [2.75, 3.05) is 16.2 Å². The van der Waals surface area contributed by atoms with E-state index in [2.05, 4.69) is 4.72 Å². The molecule has 0 radical (unpaired) electrons. The Morgan fingerprint density at radius 2 is 1.73 bits per heavy atom. The van der Waals surface area contributed by atoms with E-state index in [0.717, 1.165) is 11.3 Å². The SMILES string of the molecule is O=C(O)c1cc(NS(=O)(=O)c2ccc(N3CCCC3=O)cc2)ccc1Sc1ccc(Cl)cc1. The standard InChI is InChI=1S/C23H19ClN2O5S2/c24-15-3-8-18(9-4-15)32-21-12-5-16(14-20(21)23(28)29)25-33(30,31)19-10-6-17(7-11-19)26-13-1-2-22(26)27/h3-12,14,25H,1-2,13H2,(H,28,29). The largest absolute Gasteiger partial charge is 0.478 e. The summed E-state index contributed by atoms with van der Waals surface area (Å²) in [7, 11) is -3.95. The molecular formula is C23H19ClN2O5S2. The summed E-state index contributed by atoms with van der Waals surface area (Å²) in [4.78, 5) is 26.6. The molecule has 0 atom stereocenters. The monoisotopic (exact) mass is 502 g/mol. The van der Waals surface area contributed by atoms with Crippen molar-refractivity contribution in [1.29, 1.82) is 0 Å². The molecule has 170 valence electrons. The van der Waals surface area contributed by atoms with Crippen molar-refractivity contribution < 1.29 is 23.1 Å². The molecule has 0 saturated carbocycles. The minimum Gasteiger partial charge on any atom is -0.478 e. The Morgan fingerprint density at radius 3 is 2.33 bits per heavy atom. The number of aromatic carboxylic acids is 1. The molecule has 1 fully saturated rings. The summed E-state index contributed by atoms with van der Waals surface area (Å²) in [5.41, 5.74) is 0.748. The molecule has 0 aromatic heterocycles. The first-order chi connectivity index (χ1) is 15.7. The van der Waals surface area contributed by atoms with Gasteiger partial charge in [-0.3, -0.25) is 9.52 Å². The Hall–Kier alpha value is -3.01. The van der Waals surface area contributed by atoms with E-state index in [1.54, 1.807) is 47.4 Å². The molecule has 3 aromatic rings. The topological polar surface area (TPSA) is 104 Å². The van der Waals surface area contributed by atoms with Crippen LogP contribution >= 0.6 is 23.4 Å². The molecule has 0 aliphatic carbocycles. The van der Waals surface area contributed by atoms with E-state index < -0.39 is 16.0 Å². The third-order valence-corrected chi connectivity index (χ3v) is 7.77. The fourth-order valence-corrected chi connectivity index (χ4v) is 5.51. The van der Waals surface area contributed by atoms with Crippen molar-refractivity contribution in [1.82, 2.24) is 0 Å². The second-order valence-corrected chi connectivity index (χ2v) is 10.6. The summed E-state index contributed by atoms with van der Waals surface area (Å²) < 4.78 is 28.1. The lowest BCUT2D eigenvalue weighted by atomic mass is 10.2. The fraction of sp³-hybridized carbons (Fsp3) is 0.130. The van der Waals surface area contributed by atoms with Crippen molar-refractivity contribution in [3.8, 4) is 0 Å². The van der Waals surface area contributed by atoms with Crippen LogP contribution in [0.25, 0.3) is 0 Å². The van der Waals surface area contributed by atoms with E-state index >= 15 is 0 Å². The fourth-order valence-electron chi connectivity index (χ4n) is 3.42. The minimum atomic E-state index is -3.95. The highest BCUT2D eigenvalue weighted by molar-refractivity contribution is 7.99. The molecule has 1 aliphatic heterocycles. The van der Waals surface area contributed by atoms with E-state index in [9.17, 15) is 23.1 Å². The van der Waals surface area contributed by atoms with Gasteiger partial charge in [0.15, 0.2) is 0 Å². The summed E-state index contributed by atoms with van der Waals surface area (Å²) in [6, 6.07) is 17.3. The number of hydrogen-bond donors (Lipinski definition) is 2. The smallest absolute Gasteiger partial charge is 0.336 e. The van der Waals surface area contributed by atoms with Gasteiger partial charge in [0, 0.05) is 39.2 Å². The van der Waals surface area contributed by atoms with Gasteiger partial charge < -0.3 is 10.0 Å². The van der Waals surface area contributed by atoms with Crippen LogP contribution in [-0.2, 0) is 14.8 Å². The van der Waals surface area contributed by atoms with Gasteiger partial charge in [0.2, 0.25) is 5.91 Å². The van der Waals surface area contributed by atoms with Gasteiger partial charge >= 0.3 is 5.97 Å². The number of hydrogen-bond acceptors (Lipinski definition) is 5. The molecule has 2 N–H and O–H groups in total. The maximum absolute atomic E-state index is 12.8. The molecule has 1 saturated heterocycles. The molecule has 0 spiro atoms. The van der Waals surface area contributed by atoms with Crippen LogP contribution in [0.4, 0.5) is 11.4 Å². The van der Waals surface area contributed by atoms with Gasteiger partial charge in [-0.15, -0.1) is 0 Å². The summed E-state index contributed by atoms with van der Waals surface area (Å²) in [6.45, 7) is 0.613. The number of carbonyl (C=O) groups excluding carboxylic acids is 1. The number of carboxylic acid groups (broad SMARTS) is 1. The highest BCUT2D eigenvalue weighted by Gasteiger charge is 2.23. The average Bonchev–Trinajstić information content (AvgIpc) is 3.22. The van der Waals surface area contributed by atoms with Crippen molar-refractivity contribution in [2.24, 2.45) is 0 Å². The third-order valence-electron chi connectivity index (χ3n) is 5.04. The first-order valence-corrected chi connectivity index (χ1v) is 12.6. The second-order valence-electron chi connectivity index (χ2n) is 7.32. The number of anilines is 2. The predicted octanol–water partition coefficient (Wildman–Crippen LogP) is 5.12. The Labute approximate surface area is 200 Å². The average molecular weight is 503 g/mol. The molecule has 1 aliphatic rings. The maximum atomic E-state index is 12.8. The van der Waals surface area contributed by atoms with Gasteiger partial charge in [0.25, 0.3) is 10.0 Å². The van der Waals surface area contributed by atoms with Crippen LogP contribution in [-0.4, -0.2) is 31.9 Å². The van der Waals surface area contributed by atoms with Crippen molar-refractivity contribution in [3.05, 3.63) is 77.3 Å². The number of nitrogens with one attached hydrogen (secondary N) is 1. The Balaban J connectivity index is 1.55. The van der Waals surface area contributed by atoms with Gasteiger partial charge in [-0.05, 0) is 73.2 Å². The number of carboxylic acids is 1. The lowest BCUT2D eigenvalue weighted by Gasteiger charge is -2.16. The third kappa shape index (κ3) is 5.32. The normalized spacial score (nSPS) is 13.8. The van der Waals surface area contributed by atoms with Crippen molar-refractivity contribution in [2.45, 2.75) is 27.5 Å². The first-order valence-electron chi connectivity index (χ1n) is 9.97. The highest BCUT2D eigenvalue weighted by Crippen LogP contribution is 2.33. The minimum absolute atomic E-state index is 0.00869. The van der Waals surface area contributed by atoms with Gasteiger partial charge in [-0.1, -0.05) is 23.4 Å². The number of nitrogens with zero attached hydrogens (tertiary/aromatic N) is 1. The Bertz CT molecular complexity index is 1310. The molecule has 0 bridgehead atoms. The molecular weight excluding hydrogens is 484 g/mol. The quantitative estimate of drug-likeness (QED) is 0.465. The van der Waals surface area contributed by atoms with Crippen LogP contribution in [0, 0.1) is 0 Å². The maximum Gasteiger partial charge on any atom is 0.336 e. The number of benzene rings is 3. The lowest BCUT2D eigenvalue weighted by Crippen LogP contribution is -2.23. The van der Waals surface area contributed by atoms with Gasteiger partial charge in [-0.2, -0.15) is 0 Å². The molecule has 1 heterocycles. The zero-order valence-electron chi connectivity index (χ0n) is 17.2. The zero-order chi connectivity index (χ0) is 23.6. The predicted molar refractivity (Wildman–Crippen MR) is 128 cm³/mol. The van der Waals surface area contributed by atoms with E-state index in [-0.39, 0.29) is 22.1 Å². The molecule has 33 heavy (non-hydrogen) atoms. The van der Waals surface area contributed by atoms with E-state index in [0.29, 0.717) is 28.6 Å². The second kappa shape index (κ2) is 9.46. The van der Waals surface area contributed by atoms with Crippen molar-refractivity contribution >= 4 is 56.6 Å². The zero-order valence-corrected chi connectivity index (χ0v) is 19.6. The molecule has 3 aromatic carbocycles. The summed E-state index contributed by atoms with van der Waals surface area (Å²) in [5, 5.41) is 10.2. The van der Waals surface area contributed by atoms with E-state index in [4.69, 9.17) is 11.6 Å². The van der Waals surface area contributed by atoms with Gasteiger partial charge in [0.05, 0.1) is 10.5 Å². The Kier molecular flexibility index (Phi) is 6.64. The van der Waals surface area contributed by atoms with Crippen LogP contribution in [0.5, 0.6) is 0 Å². The van der Waals surface area contributed by atoms with Crippen LogP contribution < -0.4 is 9.62 Å². The van der Waals surface area contributed by atoms with Crippen LogP contribution in [0.15, 0.2) is 81.4 Å². The van der Waals surface area contributed by atoms with Crippen LogP contribution in [0.1, 0.15) is 23.2 Å². The lowest BCUT2D eigenvalue weighted by molar-refractivity contribution is -0.117. The molecule has 0 unspecified atom stereocenters. The Morgan fingerprint density at radius 1 is 1.03 bits per heavy atom. The van der Waals surface area contributed by atoms with E-state index in [1.165, 1.54) is 36.0 Å². The van der Waals surface area contributed by atoms with Crippen LogP contribution in [0.3, 0.4) is 0 Å². The summed E-state index contributed by atoms with van der Waals surface area (Å²) in [5.74, 6) is -1.16. The van der Waals surface area contributed by atoms with Gasteiger partial charge in [0.1, 0.15) is 0 Å². The summed E-state index contributed by atoms with van der Waals surface area (Å²) in [6.07, 6.45) is 1.26. The number of halogens is 1. The number of carbonyl (C=O) groups is 2. The van der Waals surface area contributed by atoms with Crippen molar-refractivity contribution in [3.63, 3.8) is 0 Å². The number of amides is 1. The molecule has 7 nitrogen and oxygen atoms in total. The molecule has 1 amide bonds. The van der Waals surface area contributed by atoms with Crippen LogP contribution in [0.2, 0.25) is 5.02 Å². The number of sulfonamides is 1. The molecule has 10 heteroatoms. The summed E-state index contributed by atoms with van der Waals surface area (Å²) >= 11 is 7.13. The highest BCUT2D eigenvalue weighted by atomic mass is 35.5. The van der Waals surface area contributed by atoms with E-state index in [1.807, 2.05) is 0 Å². The molecule has 4 rings (SSSR count). The number of rotatable bonds is 7.